The number of hydrogen-bond acceptors (Lipinski definition) is 5. The van der Waals surface area contributed by atoms with Crippen LogP contribution < -0.4 is 10.1 Å². The maximum atomic E-state index is 12.6. The number of carbonyl (C=O) groups is 3. The van der Waals surface area contributed by atoms with Crippen molar-refractivity contribution in [3.8, 4) is 5.75 Å². The van der Waals surface area contributed by atoms with Crippen LogP contribution in [0.25, 0.3) is 0 Å². The van der Waals surface area contributed by atoms with Gasteiger partial charge in [0.25, 0.3) is 0 Å². The first-order valence-corrected chi connectivity index (χ1v) is 8.30. The SMILES string of the molecule is COc1ccc(C2C(C(=O)NCC(C)(O)C(=O)O)CCC(=O)N2C)cc1. The molecule has 0 aliphatic carbocycles. The molecule has 1 aliphatic heterocycles. The summed E-state index contributed by atoms with van der Waals surface area (Å²) in [5.41, 5.74) is -1.27. The Morgan fingerprint density at radius 1 is 1.35 bits per heavy atom. The molecule has 142 valence electrons. The van der Waals surface area contributed by atoms with Gasteiger partial charge in [-0.1, -0.05) is 12.1 Å². The number of nitrogens with zero attached hydrogens (tertiary/aromatic N) is 1. The van der Waals surface area contributed by atoms with E-state index in [4.69, 9.17) is 9.84 Å². The van der Waals surface area contributed by atoms with Gasteiger partial charge in [0.2, 0.25) is 11.8 Å². The molecular weight excluding hydrogens is 340 g/mol. The molecule has 1 saturated heterocycles. The topological polar surface area (TPSA) is 116 Å². The van der Waals surface area contributed by atoms with Crippen LogP contribution in [0.2, 0.25) is 0 Å². The Balaban J connectivity index is 2.21. The van der Waals surface area contributed by atoms with Gasteiger partial charge in [0, 0.05) is 13.5 Å². The summed E-state index contributed by atoms with van der Waals surface area (Å²) in [5.74, 6) is -1.76. The standard InChI is InChI=1S/C18H24N2O6/c1-18(25,17(23)24)10-19-16(22)13-8-9-14(21)20(2)15(13)11-4-6-12(26-3)7-5-11/h4-7,13,15,25H,8-10H2,1-3H3,(H,19,22)(H,23,24). The van der Waals surface area contributed by atoms with Crippen molar-refractivity contribution in [2.24, 2.45) is 5.92 Å². The molecule has 26 heavy (non-hydrogen) atoms. The summed E-state index contributed by atoms with van der Waals surface area (Å²) in [5, 5.41) is 21.2. The second kappa shape index (κ2) is 7.74. The molecule has 1 aromatic carbocycles. The quantitative estimate of drug-likeness (QED) is 0.679. The van der Waals surface area contributed by atoms with Crippen LogP contribution in [0, 0.1) is 5.92 Å². The third kappa shape index (κ3) is 4.13. The van der Waals surface area contributed by atoms with E-state index in [1.807, 2.05) is 0 Å². The van der Waals surface area contributed by atoms with Crippen LogP contribution in [0.15, 0.2) is 24.3 Å². The van der Waals surface area contributed by atoms with Crippen molar-refractivity contribution in [3.63, 3.8) is 0 Å². The molecular formula is C18H24N2O6. The Hall–Kier alpha value is -2.61. The van der Waals surface area contributed by atoms with Crippen molar-refractivity contribution in [2.45, 2.75) is 31.4 Å². The molecule has 1 aliphatic rings. The van der Waals surface area contributed by atoms with Crippen molar-refractivity contribution < 1.29 is 29.3 Å². The van der Waals surface area contributed by atoms with E-state index in [1.54, 1.807) is 38.4 Å². The molecule has 1 fully saturated rings. The molecule has 2 amide bonds. The van der Waals surface area contributed by atoms with Gasteiger partial charge in [-0.3, -0.25) is 9.59 Å². The first-order chi connectivity index (χ1) is 12.2. The normalized spacial score (nSPS) is 22.5. The van der Waals surface area contributed by atoms with Crippen molar-refractivity contribution >= 4 is 17.8 Å². The maximum absolute atomic E-state index is 12.6. The van der Waals surface area contributed by atoms with E-state index >= 15 is 0 Å². The molecule has 1 aromatic rings. The number of aliphatic carboxylic acids is 1. The summed E-state index contributed by atoms with van der Waals surface area (Å²) in [6.07, 6.45) is 0.581. The molecule has 0 aromatic heterocycles. The minimum Gasteiger partial charge on any atom is -0.497 e. The minimum absolute atomic E-state index is 0.0626. The van der Waals surface area contributed by atoms with Crippen molar-refractivity contribution in [1.82, 2.24) is 10.2 Å². The van der Waals surface area contributed by atoms with Crippen LogP contribution >= 0.6 is 0 Å². The van der Waals surface area contributed by atoms with Crippen molar-refractivity contribution in [1.29, 1.82) is 0 Å². The number of aliphatic hydroxyl groups is 1. The number of rotatable bonds is 6. The third-order valence-electron chi connectivity index (χ3n) is 4.72. The Bertz CT molecular complexity index is 685. The first kappa shape index (κ1) is 19.7. The number of carboxylic acids is 1. The lowest BCUT2D eigenvalue weighted by atomic mass is 9.84. The van der Waals surface area contributed by atoms with Gasteiger partial charge in [-0.2, -0.15) is 0 Å². The first-order valence-electron chi connectivity index (χ1n) is 8.30. The number of methoxy groups -OCH3 is 1. The summed E-state index contributed by atoms with van der Waals surface area (Å²) < 4.78 is 5.13. The van der Waals surface area contributed by atoms with Crippen molar-refractivity contribution in [3.05, 3.63) is 29.8 Å². The summed E-state index contributed by atoms with van der Waals surface area (Å²) in [7, 11) is 3.19. The molecule has 0 radical (unpaired) electrons. The smallest absolute Gasteiger partial charge is 0.337 e. The lowest BCUT2D eigenvalue weighted by molar-refractivity contribution is -0.156. The summed E-state index contributed by atoms with van der Waals surface area (Å²) in [6, 6.07) is 6.63. The highest BCUT2D eigenvalue weighted by molar-refractivity contribution is 5.85. The van der Waals surface area contributed by atoms with E-state index in [0.717, 1.165) is 12.5 Å². The van der Waals surface area contributed by atoms with Gasteiger partial charge in [0.15, 0.2) is 5.60 Å². The average molecular weight is 364 g/mol. The predicted octanol–water partition coefficient (Wildman–Crippen LogP) is 0.557. The second-order valence-electron chi connectivity index (χ2n) is 6.66. The molecule has 8 heteroatoms. The summed E-state index contributed by atoms with van der Waals surface area (Å²) >= 11 is 0. The highest BCUT2D eigenvalue weighted by Gasteiger charge is 2.40. The van der Waals surface area contributed by atoms with E-state index in [0.29, 0.717) is 12.2 Å². The molecule has 3 N–H and O–H groups in total. The van der Waals surface area contributed by atoms with E-state index < -0.39 is 36.0 Å². The Morgan fingerprint density at radius 3 is 2.50 bits per heavy atom. The van der Waals surface area contributed by atoms with Crippen LogP contribution in [0.4, 0.5) is 0 Å². The van der Waals surface area contributed by atoms with Gasteiger partial charge in [-0.15, -0.1) is 0 Å². The number of likely N-dealkylation sites (tertiary alicyclic amines) is 1. The van der Waals surface area contributed by atoms with Crippen LogP contribution in [0.1, 0.15) is 31.4 Å². The Labute approximate surface area is 151 Å². The highest BCUT2D eigenvalue weighted by Crippen LogP contribution is 2.36. The molecule has 1 heterocycles. The fourth-order valence-corrected chi connectivity index (χ4v) is 3.04. The molecule has 0 bridgehead atoms. The molecule has 8 nitrogen and oxygen atoms in total. The second-order valence-corrected chi connectivity index (χ2v) is 6.66. The Kier molecular flexibility index (Phi) is 5.86. The molecule has 3 atom stereocenters. The van der Waals surface area contributed by atoms with Gasteiger partial charge in [-0.05, 0) is 31.0 Å². The zero-order valence-electron chi connectivity index (χ0n) is 15.1. The highest BCUT2D eigenvalue weighted by atomic mass is 16.5. The number of carboxylic acid groups (broad SMARTS) is 1. The van der Waals surface area contributed by atoms with E-state index in [-0.39, 0.29) is 12.3 Å². The Morgan fingerprint density at radius 2 is 1.96 bits per heavy atom. The third-order valence-corrected chi connectivity index (χ3v) is 4.72. The van der Waals surface area contributed by atoms with Gasteiger partial charge in [-0.25, -0.2) is 4.79 Å². The van der Waals surface area contributed by atoms with Crippen LogP contribution in [-0.4, -0.2) is 59.2 Å². The molecule has 0 saturated carbocycles. The average Bonchev–Trinajstić information content (AvgIpc) is 2.62. The summed E-state index contributed by atoms with van der Waals surface area (Å²) in [6.45, 7) is 0.706. The fraction of sp³-hybridized carbons (Fsp3) is 0.500. The van der Waals surface area contributed by atoms with Gasteiger partial charge >= 0.3 is 5.97 Å². The van der Waals surface area contributed by atoms with E-state index in [1.165, 1.54) is 4.90 Å². The number of hydrogen-bond donors (Lipinski definition) is 3. The van der Waals surface area contributed by atoms with Crippen molar-refractivity contribution in [2.75, 3.05) is 20.7 Å². The number of benzene rings is 1. The molecule has 2 rings (SSSR count). The number of piperidine rings is 1. The summed E-state index contributed by atoms with van der Waals surface area (Å²) in [4.78, 5) is 37.3. The largest absolute Gasteiger partial charge is 0.497 e. The maximum Gasteiger partial charge on any atom is 0.337 e. The van der Waals surface area contributed by atoms with Crippen LogP contribution in [0.3, 0.4) is 0 Å². The van der Waals surface area contributed by atoms with Gasteiger partial charge in [0.1, 0.15) is 5.75 Å². The molecule has 3 unspecified atom stereocenters. The zero-order chi connectivity index (χ0) is 19.5. The van der Waals surface area contributed by atoms with Gasteiger partial charge in [0.05, 0.1) is 25.6 Å². The van der Waals surface area contributed by atoms with Gasteiger partial charge < -0.3 is 25.2 Å². The number of carbonyl (C=O) groups excluding carboxylic acids is 2. The van der Waals surface area contributed by atoms with E-state index in [2.05, 4.69) is 5.32 Å². The van der Waals surface area contributed by atoms with E-state index in [9.17, 15) is 19.5 Å². The number of amides is 2. The lowest BCUT2D eigenvalue weighted by Gasteiger charge is -2.38. The lowest BCUT2D eigenvalue weighted by Crippen LogP contribution is -2.51. The predicted molar refractivity (Wildman–Crippen MR) is 92.5 cm³/mol. The fourth-order valence-electron chi connectivity index (χ4n) is 3.04. The van der Waals surface area contributed by atoms with Crippen LogP contribution in [-0.2, 0) is 14.4 Å². The number of nitrogens with one attached hydrogen (secondary N) is 1. The van der Waals surface area contributed by atoms with Crippen LogP contribution in [0.5, 0.6) is 5.75 Å². The molecule has 0 spiro atoms. The number of ether oxygens (including phenoxy) is 1. The minimum atomic E-state index is -2.05. The zero-order valence-corrected chi connectivity index (χ0v) is 15.1. The monoisotopic (exact) mass is 364 g/mol.